The monoisotopic (exact) mass is 2020 g/mol. The maximum absolute atomic E-state index is 12.8. The van der Waals surface area contributed by atoms with Crippen molar-refractivity contribution in [2.24, 2.45) is 0 Å². The van der Waals surface area contributed by atoms with Crippen LogP contribution in [0.2, 0.25) is 0 Å². The number of amides is 3. The van der Waals surface area contributed by atoms with Gasteiger partial charge in [-0.05, 0) is 165 Å². The van der Waals surface area contributed by atoms with Crippen LogP contribution >= 0.6 is 0 Å². The Morgan fingerprint density at radius 1 is 0.362 bits per heavy atom. The molecule has 0 radical (unpaired) electrons. The fourth-order valence-electron chi connectivity index (χ4n) is 15.9. The normalized spacial score (nSPS) is 20.2. The molecule has 38 heteroatoms. The van der Waals surface area contributed by atoms with Gasteiger partial charge in [0.15, 0.2) is 38.3 Å². The van der Waals surface area contributed by atoms with Crippen molar-refractivity contribution in [2.75, 3.05) is 33.0 Å². The highest BCUT2D eigenvalue weighted by molar-refractivity contribution is 7.92. The van der Waals surface area contributed by atoms with Crippen molar-refractivity contribution in [1.29, 1.82) is 0 Å². The van der Waals surface area contributed by atoms with E-state index in [0.717, 1.165) is 82.2 Å². The van der Waals surface area contributed by atoms with Gasteiger partial charge in [-0.1, -0.05) is 243 Å². The van der Waals surface area contributed by atoms with E-state index in [2.05, 4.69) is 63.8 Å². The molecule has 3 amide bonds. The van der Waals surface area contributed by atoms with Crippen LogP contribution in [0.25, 0.3) is 79.9 Å². The highest BCUT2D eigenvalue weighted by Gasteiger charge is 2.43. The molecule has 0 aliphatic carbocycles. The van der Waals surface area contributed by atoms with Gasteiger partial charge >= 0.3 is 12.1 Å². The van der Waals surface area contributed by atoms with E-state index in [1.165, 1.54) is 14.1 Å². The lowest BCUT2D eigenvalue weighted by Gasteiger charge is -2.33. The average Bonchev–Trinajstić information content (AvgIpc) is 0.774. The molecule has 5 saturated heterocycles. The second kappa shape index (κ2) is 47.8. The van der Waals surface area contributed by atoms with Gasteiger partial charge in [0, 0.05) is 63.9 Å². The molecule has 10 atom stereocenters. The molecule has 10 unspecified atom stereocenters. The number of rotatable bonds is 25. The van der Waals surface area contributed by atoms with Crippen molar-refractivity contribution in [3.63, 3.8) is 0 Å². The van der Waals surface area contributed by atoms with Gasteiger partial charge in [0.25, 0.3) is 10.2 Å². The lowest BCUT2D eigenvalue weighted by molar-refractivity contribution is -0.156. The van der Waals surface area contributed by atoms with Crippen LogP contribution in [0.4, 0.5) is 33.2 Å². The minimum Gasteiger partial charge on any atom is -0.456 e. The zero-order chi connectivity index (χ0) is 102. The minimum absolute atomic E-state index is 0.0394. The number of piperidine rings is 2. The highest BCUT2D eigenvalue weighted by atomic mass is 32.2. The van der Waals surface area contributed by atoms with E-state index in [0.29, 0.717) is 72.6 Å². The predicted molar refractivity (Wildman–Crippen MR) is 546 cm³/mol. The van der Waals surface area contributed by atoms with E-state index < -0.39 is 135 Å². The van der Waals surface area contributed by atoms with E-state index in [4.69, 9.17) is 42.3 Å². The van der Waals surface area contributed by atoms with Gasteiger partial charge in [-0.2, -0.15) is 17.4 Å². The third-order valence-electron chi connectivity index (χ3n) is 24.4. The van der Waals surface area contributed by atoms with Crippen molar-refractivity contribution < 1.29 is 79.2 Å². The summed E-state index contributed by atoms with van der Waals surface area (Å²) in [5, 5.41) is 5.21. The van der Waals surface area contributed by atoms with Crippen LogP contribution in [0.5, 0.6) is 0 Å². The molecule has 5 fully saturated rings. The lowest BCUT2D eigenvalue weighted by atomic mass is 9.86. The molecule has 15 rings (SSSR count). The minimum atomic E-state index is -3.64. The molecule has 10 aromatic carbocycles. The largest absolute Gasteiger partial charge is 0.456 e. The van der Waals surface area contributed by atoms with Crippen LogP contribution < -0.4 is 39.6 Å². The Labute approximate surface area is 826 Å². The summed E-state index contributed by atoms with van der Waals surface area (Å²) in [6.45, 7) is 48.3. The van der Waals surface area contributed by atoms with E-state index in [1.54, 1.807) is 128 Å². The smallest absolute Gasteiger partial charge is 0.407 e. The summed E-state index contributed by atoms with van der Waals surface area (Å²) < 4.78 is 173. The molecule has 0 aromatic heterocycles. The first kappa shape index (κ1) is 108. The molecule has 5 aliphatic rings. The molecule has 0 bridgehead atoms. The van der Waals surface area contributed by atoms with E-state index in [-0.39, 0.29) is 54.9 Å². The summed E-state index contributed by atoms with van der Waals surface area (Å²) in [5.41, 5.74) is 16.5. The van der Waals surface area contributed by atoms with Crippen LogP contribution in [0, 0.1) is 32.9 Å². The molecule has 8 N–H and O–H groups in total. The fourth-order valence-corrected chi connectivity index (χ4v) is 22.7. The predicted octanol–water partition coefficient (Wildman–Crippen LogP) is 17.0. The summed E-state index contributed by atoms with van der Waals surface area (Å²) in [6, 6.07) is 70.5. The third kappa shape index (κ3) is 29.0. The topological polar surface area (TPSA) is 413 Å². The summed E-state index contributed by atoms with van der Waals surface area (Å²) in [7, 11) is -18.2. The molecule has 32 nitrogen and oxygen atoms in total. The van der Waals surface area contributed by atoms with E-state index >= 15 is 0 Å². The second-order valence-electron chi connectivity index (χ2n) is 35.5. The van der Waals surface area contributed by atoms with Crippen molar-refractivity contribution >= 4 is 112 Å². The maximum atomic E-state index is 12.8. The van der Waals surface area contributed by atoms with E-state index in [9.17, 15) is 69.7 Å². The van der Waals surface area contributed by atoms with Crippen molar-refractivity contribution in [3.05, 3.63) is 328 Å². The standard InChI is InChI=1S/C21H23N3O3S.C21H24N2O4S2.C21H22N2O4S.C20H22N4O3S.C20H21N3O4S/c1-14(2)28(26,27)24-19-12-13-20(25)23-21(19)17-6-4-15(5-7-17)16-8-10-18(22-3)11-9-16;1-15(2)29(26,27)23-20-5-4-14-28(24,25)21(20)18-8-6-16(7-9-18)17-10-12-19(22-3)13-11-17;1-14(2)28(25,26)23-19-12-13-20(24)27-21(19)17-6-4-15(5-7-17)16-8-10-18(22-3)11-9-16;1-21-17-10-8-15(9-11-17)14-4-6-16(7-5-14)18-13-22-20(25)12-19(18)23-28(26,27)24(2)3;1-13(2)28(25,26)23-18-12-27-20(24)22-19(18)16-6-4-14(5-7-16)15-8-10-17(21-3)11-9-15/h4-11,14,19,21,24H,12-13H2,1-2H3,(H,23,25);6-13,15,20-21,23H,4-5,14H2,1-2H3;4-11,14,19,21,23H,12-13H2,1-2H3;4-11,18-19,23H,12-13H2,2-3H3,(H,22,25);4-11,13,18-19,23H,12H2,1-2H3,(H,22,24). The number of hydrogen-bond acceptors (Lipinski definition) is 18. The van der Waals surface area contributed by atoms with E-state index in [1.807, 2.05) is 170 Å². The van der Waals surface area contributed by atoms with Gasteiger partial charge in [0.1, 0.15) is 18.0 Å². The first-order valence-corrected chi connectivity index (χ1v) is 54.7. The van der Waals surface area contributed by atoms with Gasteiger partial charge < -0.3 is 25.4 Å². The molecular formula is C103H112N14O18S6. The summed E-state index contributed by atoms with van der Waals surface area (Å²) in [5.74, 6) is -0.685. The summed E-state index contributed by atoms with van der Waals surface area (Å²) >= 11 is 0. The number of benzene rings is 10. The number of sulfone groups is 1. The molecule has 10 aromatic rings. The lowest BCUT2D eigenvalue weighted by Crippen LogP contribution is -2.54. The summed E-state index contributed by atoms with van der Waals surface area (Å²) in [6.07, 6.45) is 1.12. The zero-order valence-electron chi connectivity index (χ0n) is 79.2. The number of carbonyl (C=O) groups excluding carboxylic acids is 4. The SMILES string of the molecule is [C-]#[N+]c1ccc(-c2ccc(C3C(NS(=O)(=O)C(C)C)CCCS3(=O)=O)cc2)cc1.[C-]#[N+]c1ccc(-c2ccc(C3CNC(=O)CC3NS(=O)(=O)N(C)C)cc2)cc1.[C-]#[N+]c1ccc(-c2ccc(C3NC(=O)CCC3NS(=O)(=O)C(C)C)cc2)cc1.[C-]#[N+]c1ccc(-c2ccc(C3NC(=O)OCC3NS(=O)(=O)C(C)C)cc2)cc1.[C-]#[N+]c1ccc(-c2ccc(C3OC(=O)CCC3NS(=O)(=O)C(C)C)cc2)cc1. The van der Waals surface area contributed by atoms with Crippen LogP contribution in [-0.4, -0.2) is 163 Å². The maximum Gasteiger partial charge on any atom is 0.407 e. The van der Waals surface area contributed by atoms with Gasteiger partial charge in [-0.25, -0.2) is 90.0 Å². The van der Waals surface area contributed by atoms with Crippen molar-refractivity contribution in [3.8, 4) is 55.6 Å². The Kier molecular flexibility index (Phi) is 36.7. The molecule has 738 valence electrons. The second-order valence-corrected chi connectivity index (χ2v) is 48.7. The Bertz CT molecular complexity index is 6670. The average molecular weight is 2030 g/mol. The van der Waals surface area contributed by atoms with Gasteiger partial charge in [-0.15, -0.1) is 0 Å². The Hall–Kier alpha value is -13.2. The van der Waals surface area contributed by atoms with Crippen LogP contribution in [-0.2, 0) is 84.0 Å². The fraction of sp³-hybridized carbons (Fsp3) is 0.330. The number of ether oxygens (including phenoxy) is 2. The third-order valence-corrected chi connectivity index (χ3v) is 35.7. The van der Waals surface area contributed by atoms with Crippen LogP contribution in [0.15, 0.2) is 243 Å². The number of sulfonamides is 4. The number of nitrogens with zero attached hydrogens (tertiary/aromatic N) is 6. The van der Waals surface area contributed by atoms with Crippen molar-refractivity contribution in [2.45, 2.75) is 181 Å². The molecular weight excluding hydrogens is 1910 g/mol. The Morgan fingerprint density at radius 2 is 0.674 bits per heavy atom. The highest BCUT2D eigenvalue weighted by Crippen LogP contribution is 2.39. The van der Waals surface area contributed by atoms with Gasteiger partial charge in [0.05, 0.1) is 83.8 Å². The quantitative estimate of drug-likeness (QED) is 0.0195. The Balaban J connectivity index is 0.000000168. The number of alkyl carbamates (subject to hydrolysis) is 1. The summed E-state index contributed by atoms with van der Waals surface area (Å²) in [4.78, 5) is 64.2. The molecule has 0 saturated carbocycles. The number of esters is 1. The molecule has 5 aliphatic heterocycles. The van der Waals surface area contributed by atoms with Crippen molar-refractivity contribution in [1.82, 2.24) is 43.9 Å². The molecule has 0 spiro atoms. The number of cyclic esters (lactones) is 2. The number of hydrogen-bond donors (Lipinski definition) is 8. The first-order chi connectivity index (χ1) is 66.8. The van der Waals surface area contributed by atoms with Gasteiger partial charge in [-0.3, -0.25) is 14.4 Å². The first-order valence-electron chi connectivity index (χ1n) is 45.4. The zero-order valence-corrected chi connectivity index (χ0v) is 84.1. The number of carbonyl (C=O) groups is 4. The van der Waals surface area contributed by atoms with Crippen LogP contribution in [0.1, 0.15) is 158 Å². The molecule has 141 heavy (non-hydrogen) atoms. The van der Waals surface area contributed by atoms with Gasteiger partial charge in [0.2, 0.25) is 51.9 Å². The number of nitrogens with one attached hydrogen (secondary N) is 8. The van der Waals surface area contributed by atoms with Crippen LogP contribution in [0.3, 0.4) is 0 Å². The Morgan fingerprint density at radius 3 is 1.03 bits per heavy atom. The molecule has 5 heterocycles.